The fraction of sp³-hybridized carbons (Fsp3) is 0.821. The van der Waals surface area contributed by atoms with E-state index in [1.165, 1.54) is 51.1 Å². The van der Waals surface area contributed by atoms with Crippen LogP contribution in [0.25, 0.3) is 0 Å². The van der Waals surface area contributed by atoms with E-state index in [4.69, 9.17) is 0 Å². The first-order chi connectivity index (χ1) is 19.7. The van der Waals surface area contributed by atoms with E-state index in [0.29, 0.717) is 25.1 Å². The Morgan fingerprint density at radius 2 is 0.977 bits per heavy atom. The minimum Gasteiger partial charge on any atom is -0.382 e. The van der Waals surface area contributed by atoms with Crippen molar-refractivity contribution in [2.45, 2.75) is 145 Å². The summed E-state index contributed by atoms with van der Waals surface area (Å²) in [6.07, 6.45) is 5.20. The summed E-state index contributed by atoms with van der Waals surface area (Å²) in [5.41, 5.74) is -1.18. The van der Waals surface area contributed by atoms with E-state index in [1.54, 1.807) is 0 Å². The Morgan fingerprint density at radius 1 is 0.581 bits per heavy atom. The molecule has 0 aliphatic heterocycles. The van der Waals surface area contributed by atoms with Crippen LogP contribution >= 0.6 is 0 Å². The third kappa shape index (κ3) is 9.35. The first-order valence-corrected chi connectivity index (χ1v) is 14.3. The minimum absolute atomic E-state index is 0.104. The molecule has 1 aromatic rings. The Kier molecular flexibility index (Phi) is 14.6. The van der Waals surface area contributed by atoms with Gasteiger partial charge in [-0.25, -0.2) is 4.57 Å². The highest BCUT2D eigenvalue weighted by Gasteiger charge is 2.91. The molecule has 0 aromatic carbocycles. The van der Waals surface area contributed by atoms with E-state index in [9.17, 15) is 62.2 Å². The molecule has 252 valence electrons. The number of hydrogen-bond acceptors (Lipinski definition) is 1. The average Bonchev–Trinajstić information content (AvgIpc) is 2.91. The zero-order valence-corrected chi connectivity index (χ0v) is 23.8. The first-order valence-electron chi connectivity index (χ1n) is 14.3. The van der Waals surface area contributed by atoms with E-state index in [0.717, 1.165) is 42.7 Å². The van der Waals surface area contributed by atoms with Gasteiger partial charge in [0.2, 0.25) is 0 Å². The summed E-state index contributed by atoms with van der Waals surface area (Å²) in [5, 5.41) is 9.76. The van der Waals surface area contributed by atoms with Crippen LogP contribution in [0.3, 0.4) is 0 Å². The van der Waals surface area contributed by atoms with Gasteiger partial charge in [0, 0.05) is 12.5 Å². The molecule has 0 saturated carbocycles. The van der Waals surface area contributed by atoms with Crippen molar-refractivity contribution in [3.05, 3.63) is 30.1 Å². The van der Waals surface area contributed by atoms with Crippen molar-refractivity contribution in [1.29, 1.82) is 0 Å². The number of unbranched alkanes of at least 4 members (excludes halogenated alkanes) is 13. The third-order valence-corrected chi connectivity index (χ3v) is 7.27. The molecular formula is C28H39F13NO+. The van der Waals surface area contributed by atoms with Gasteiger partial charge < -0.3 is 5.11 Å². The van der Waals surface area contributed by atoms with Crippen molar-refractivity contribution >= 4 is 0 Å². The zero-order valence-electron chi connectivity index (χ0n) is 23.8. The Morgan fingerprint density at radius 3 is 1.40 bits per heavy atom. The summed E-state index contributed by atoms with van der Waals surface area (Å²) in [7, 11) is 0. The normalized spacial score (nSPS) is 14.8. The third-order valence-electron chi connectivity index (χ3n) is 7.27. The van der Waals surface area contributed by atoms with E-state index in [-0.39, 0.29) is 6.54 Å². The van der Waals surface area contributed by atoms with Crippen LogP contribution in [0.5, 0.6) is 0 Å². The molecular weight excluding hydrogens is 613 g/mol. The van der Waals surface area contributed by atoms with Gasteiger partial charge in [-0.1, -0.05) is 84.0 Å². The number of aliphatic hydroxyl groups is 1. The van der Waals surface area contributed by atoms with Gasteiger partial charge >= 0.3 is 35.8 Å². The molecule has 1 rings (SSSR count). The molecule has 43 heavy (non-hydrogen) atoms. The highest BCUT2D eigenvalue weighted by atomic mass is 19.4. The Hall–Kier alpha value is -1.80. The molecule has 0 radical (unpaired) electrons. The van der Waals surface area contributed by atoms with Gasteiger partial charge in [0.15, 0.2) is 18.5 Å². The number of alkyl halides is 13. The van der Waals surface area contributed by atoms with Crippen molar-refractivity contribution in [1.82, 2.24) is 0 Å². The van der Waals surface area contributed by atoms with Gasteiger partial charge in [0.25, 0.3) is 0 Å². The molecule has 0 aliphatic carbocycles. The monoisotopic (exact) mass is 652 g/mol. The Bertz CT molecular complexity index is 951. The Balaban J connectivity index is 2.70. The van der Waals surface area contributed by atoms with E-state index in [2.05, 4.69) is 6.92 Å². The van der Waals surface area contributed by atoms with Crippen LogP contribution in [0.15, 0.2) is 24.5 Å². The molecule has 15 heteroatoms. The SMILES string of the molecule is CCCCCCCCCCCCCCCC[n+]1cccc(C(O)C(F)(F)C(F)(F)C(F)(F)C(F)(F)C(F)(F)C(F)(F)F)c1. The lowest BCUT2D eigenvalue weighted by molar-refractivity contribution is -0.698. The molecule has 0 spiro atoms. The molecule has 1 atom stereocenters. The second kappa shape index (κ2) is 16.0. The van der Waals surface area contributed by atoms with Gasteiger partial charge in [0.05, 0.1) is 5.56 Å². The lowest BCUT2D eigenvalue weighted by Gasteiger charge is -2.40. The van der Waals surface area contributed by atoms with Crippen molar-refractivity contribution in [2.75, 3.05) is 0 Å². The number of aryl methyl sites for hydroxylation is 1. The lowest BCUT2D eigenvalue weighted by atomic mass is 9.89. The molecule has 0 saturated heterocycles. The average molecular weight is 653 g/mol. The summed E-state index contributed by atoms with van der Waals surface area (Å²) in [4.78, 5) is 0. The number of pyridine rings is 1. The maximum atomic E-state index is 14.4. The van der Waals surface area contributed by atoms with Crippen LogP contribution in [-0.2, 0) is 6.54 Å². The van der Waals surface area contributed by atoms with Gasteiger partial charge in [-0.05, 0) is 12.5 Å². The first kappa shape index (κ1) is 39.2. The number of halogens is 13. The molecule has 1 unspecified atom stereocenters. The molecule has 0 bridgehead atoms. The highest BCUT2D eigenvalue weighted by Crippen LogP contribution is 2.61. The summed E-state index contributed by atoms with van der Waals surface area (Å²) in [5.74, 6) is -37.9. The van der Waals surface area contributed by atoms with Crippen molar-refractivity contribution in [3.63, 3.8) is 0 Å². The molecule has 1 N–H and O–H groups in total. The summed E-state index contributed by atoms with van der Waals surface area (Å²) in [6.45, 7) is 2.27. The lowest BCUT2D eigenvalue weighted by Crippen LogP contribution is -2.70. The van der Waals surface area contributed by atoms with Gasteiger partial charge in [-0.3, -0.25) is 0 Å². The number of aromatic nitrogens is 1. The largest absolute Gasteiger partial charge is 0.460 e. The van der Waals surface area contributed by atoms with Crippen LogP contribution in [0.4, 0.5) is 57.1 Å². The van der Waals surface area contributed by atoms with E-state index >= 15 is 0 Å². The maximum Gasteiger partial charge on any atom is 0.460 e. The number of nitrogens with zero attached hydrogens (tertiary/aromatic N) is 1. The number of hydrogen-bond donors (Lipinski definition) is 1. The fourth-order valence-electron chi connectivity index (χ4n) is 4.49. The number of rotatable bonds is 21. The zero-order chi connectivity index (χ0) is 33.2. The fourth-order valence-corrected chi connectivity index (χ4v) is 4.49. The molecule has 1 aromatic heterocycles. The molecule has 0 fully saturated rings. The highest BCUT2D eigenvalue weighted by molar-refractivity contribution is 5.18. The minimum atomic E-state index is -8.00. The van der Waals surface area contributed by atoms with Gasteiger partial charge in [-0.15, -0.1) is 0 Å². The molecule has 1 heterocycles. The summed E-state index contributed by atoms with van der Waals surface area (Å²) >= 11 is 0. The van der Waals surface area contributed by atoms with Crippen molar-refractivity contribution in [3.8, 4) is 0 Å². The Labute approximate surface area is 242 Å². The molecule has 0 aliphatic rings. The summed E-state index contributed by atoms with van der Waals surface area (Å²) < 4.78 is 175. The topological polar surface area (TPSA) is 24.1 Å². The van der Waals surface area contributed by atoms with Crippen LogP contribution in [-0.4, -0.2) is 40.9 Å². The van der Waals surface area contributed by atoms with Gasteiger partial charge in [0.1, 0.15) is 6.54 Å². The quantitative estimate of drug-likeness (QED) is 0.0798. The smallest absolute Gasteiger partial charge is 0.382 e. The van der Waals surface area contributed by atoms with Crippen LogP contribution in [0.2, 0.25) is 0 Å². The van der Waals surface area contributed by atoms with E-state index < -0.39 is 47.5 Å². The van der Waals surface area contributed by atoms with Crippen LogP contribution < -0.4 is 4.57 Å². The predicted octanol–water partition coefficient (Wildman–Crippen LogP) is 10.2. The second-order valence-corrected chi connectivity index (χ2v) is 10.8. The maximum absolute atomic E-state index is 14.4. The van der Waals surface area contributed by atoms with Crippen molar-refractivity contribution in [2.24, 2.45) is 0 Å². The standard InChI is InChI=1S/C28H39F13NO/c1-2-3-4-5-6-7-8-9-10-11-12-13-14-15-18-42-19-16-17-21(20-42)22(43)23(29,30)24(31,32)25(33,34)26(35,36)27(37,38)28(39,40)41/h16-17,19-20,22,43H,2-15,18H2,1H3/q+1. The molecule has 2 nitrogen and oxygen atoms in total. The predicted molar refractivity (Wildman–Crippen MR) is 133 cm³/mol. The van der Waals surface area contributed by atoms with Crippen LogP contribution in [0.1, 0.15) is 108 Å². The van der Waals surface area contributed by atoms with Crippen LogP contribution in [0, 0.1) is 0 Å². The van der Waals surface area contributed by atoms with E-state index in [1.807, 2.05) is 0 Å². The molecule has 0 amide bonds. The number of aliphatic hydroxyl groups excluding tert-OH is 1. The van der Waals surface area contributed by atoms with Crippen molar-refractivity contribution < 1.29 is 66.7 Å². The summed E-state index contributed by atoms with van der Waals surface area (Å²) in [6, 6.07) is 1.50. The second-order valence-electron chi connectivity index (χ2n) is 10.8. The van der Waals surface area contributed by atoms with Gasteiger partial charge in [-0.2, -0.15) is 57.1 Å².